The molecule has 3 rings (SSSR count). The summed E-state index contributed by atoms with van der Waals surface area (Å²) in [5.74, 6) is 0. The van der Waals surface area contributed by atoms with Crippen molar-refractivity contribution in [1.82, 2.24) is 0 Å². The average Bonchev–Trinajstić information content (AvgIpc) is 2.57. The molecule has 112 valence electrons. The molecular formula is C18H18ClN3. The molecule has 1 aliphatic rings. The Morgan fingerprint density at radius 3 is 2.45 bits per heavy atom. The fraction of sp³-hybridized carbons (Fsp3) is 0.278. The Labute approximate surface area is 136 Å². The number of nitrogens with one attached hydrogen (secondary N) is 1. The van der Waals surface area contributed by atoms with Crippen molar-refractivity contribution in [2.24, 2.45) is 0 Å². The second-order valence-electron chi connectivity index (χ2n) is 5.55. The van der Waals surface area contributed by atoms with Gasteiger partial charge in [0.05, 0.1) is 10.6 Å². The monoisotopic (exact) mass is 311 g/mol. The average molecular weight is 312 g/mol. The van der Waals surface area contributed by atoms with Gasteiger partial charge in [0.2, 0.25) is 0 Å². The molecule has 4 heteroatoms. The molecule has 1 heterocycles. The van der Waals surface area contributed by atoms with Gasteiger partial charge in [-0.05, 0) is 43.2 Å². The molecule has 0 aromatic heterocycles. The molecule has 0 bridgehead atoms. The summed E-state index contributed by atoms with van der Waals surface area (Å²) in [4.78, 5) is 2.42. The van der Waals surface area contributed by atoms with Gasteiger partial charge < -0.3 is 10.2 Å². The maximum atomic E-state index is 8.91. The van der Waals surface area contributed by atoms with Crippen LogP contribution in [0.3, 0.4) is 0 Å². The van der Waals surface area contributed by atoms with Crippen LogP contribution in [-0.4, -0.2) is 19.1 Å². The molecule has 1 fully saturated rings. The molecule has 2 aromatic carbocycles. The van der Waals surface area contributed by atoms with Crippen LogP contribution in [0.15, 0.2) is 48.5 Å². The number of piperidine rings is 1. The lowest BCUT2D eigenvalue weighted by Gasteiger charge is -2.34. The van der Waals surface area contributed by atoms with Gasteiger partial charge in [-0.15, -0.1) is 0 Å². The largest absolute Gasteiger partial charge is 0.382 e. The summed E-state index contributed by atoms with van der Waals surface area (Å²) < 4.78 is 0. The minimum atomic E-state index is 0.448. The molecule has 1 aliphatic heterocycles. The van der Waals surface area contributed by atoms with Crippen LogP contribution in [-0.2, 0) is 0 Å². The van der Waals surface area contributed by atoms with Crippen LogP contribution in [0.4, 0.5) is 11.4 Å². The standard InChI is InChI=1S/C18H18ClN3/c19-18-12-16(7-6-14(18)13-20)21-15-8-10-22(11-9-15)17-4-2-1-3-5-17/h1-7,12,15,21H,8-11H2. The number of hydrogen-bond acceptors (Lipinski definition) is 3. The van der Waals surface area contributed by atoms with Crippen molar-refractivity contribution < 1.29 is 0 Å². The van der Waals surface area contributed by atoms with Gasteiger partial charge >= 0.3 is 0 Å². The minimum absolute atomic E-state index is 0.448. The van der Waals surface area contributed by atoms with Gasteiger partial charge in [-0.25, -0.2) is 0 Å². The normalized spacial score (nSPS) is 15.4. The van der Waals surface area contributed by atoms with E-state index >= 15 is 0 Å². The number of halogens is 1. The third-order valence-electron chi connectivity index (χ3n) is 4.08. The number of nitrogens with zero attached hydrogens (tertiary/aromatic N) is 2. The fourth-order valence-corrected chi connectivity index (χ4v) is 3.07. The molecule has 1 saturated heterocycles. The highest BCUT2D eigenvalue weighted by molar-refractivity contribution is 6.32. The molecule has 1 N–H and O–H groups in total. The predicted octanol–water partition coefficient (Wildman–Crippen LogP) is 4.29. The summed E-state index contributed by atoms with van der Waals surface area (Å²) in [5.41, 5.74) is 2.80. The summed E-state index contributed by atoms with van der Waals surface area (Å²) >= 11 is 6.08. The van der Waals surface area contributed by atoms with Crippen LogP contribution in [0, 0.1) is 11.3 Å². The van der Waals surface area contributed by atoms with E-state index in [9.17, 15) is 0 Å². The van der Waals surface area contributed by atoms with Gasteiger partial charge in [0.15, 0.2) is 0 Å². The van der Waals surface area contributed by atoms with Crippen LogP contribution in [0.5, 0.6) is 0 Å². The van der Waals surface area contributed by atoms with Gasteiger partial charge in [0.1, 0.15) is 6.07 Å². The smallest absolute Gasteiger partial charge is 0.101 e. The Hall–Kier alpha value is -2.18. The van der Waals surface area contributed by atoms with Crippen molar-refractivity contribution in [2.75, 3.05) is 23.3 Å². The Kier molecular flexibility index (Phi) is 4.50. The van der Waals surface area contributed by atoms with E-state index in [2.05, 4.69) is 40.6 Å². The van der Waals surface area contributed by atoms with Crippen LogP contribution < -0.4 is 10.2 Å². The summed E-state index contributed by atoms with van der Waals surface area (Å²) in [6.45, 7) is 2.09. The van der Waals surface area contributed by atoms with Crippen LogP contribution >= 0.6 is 11.6 Å². The third-order valence-corrected chi connectivity index (χ3v) is 4.39. The van der Waals surface area contributed by atoms with E-state index in [4.69, 9.17) is 16.9 Å². The molecule has 0 radical (unpaired) electrons. The lowest BCUT2D eigenvalue weighted by molar-refractivity contribution is 0.527. The van der Waals surface area contributed by atoms with Crippen LogP contribution in [0.25, 0.3) is 0 Å². The molecule has 0 amide bonds. The summed E-state index contributed by atoms with van der Waals surface area (Å²) in [6.07, 6.45) is 2.18. The first-order valence-electron chi connectivity index (χ1n) is 7.52. The fourth-order valence-electron chi connectivity index (χ4n) is 2.85. The van der Waals surface area contributed by atoms with Gasteiger partial charge in [0, 0.05) is 30.5 Å². The molecular weight excluding hydrogens is 294 g/mol. The van der Waals surface area contributed by atoms with Crippen molar-refractivity contribution in [2.45, 2.75) is 18.9 Å². The molecule has 2 aromatic rings. The topological polar surface area (TPSA) is 39.1 Å². The van der Waals surface area contributed by atoms with Crippen LogP contribution in [0.1, 0.15) is 18.4 Å². The predicted molar refractivity (Wildman–Crippen MR) is 91.5 cm³/mol. The number of hydrogen-bond donors (Lipinski definition) is 1. The van der Waals surface area contributed by atoms with E-state index in [0.29, 0.717) is 16.6 Å². The molecule has 0 atom stereocenters. The molecule has 0 saturated carbocycles. The summed E-state index contributed by atoms with van der Waals surface area (Å²) in [7, 11) is 0. The van der Waals surface area contributed by atoms with E-state index in [1.807, 2.05) is 18.2 Å². The maximum absolute atomic E-state index is 8.91. The summed E-state index contributed by atoms with van der Waals surface area (Å²) in [5, 5.41) is 12.9. The van der Waals surface area contributed by atoms with E-state index < -0.39 is 0 Å². The number of anilines is 2. The molecule has 0 spiro atoms. The van der Waals surface area contributed by atoms with E-state index in [1.165, 1.54) is 5.69 Å². The zero-order chi connectivity index (χ0) is 15.4. The van der Waals surface area contributed by atoms with E-state index in [1.54, 1.807) is 6.07 Å². The van der Waals surface area contributed by atoms with Crippen molar-refractivity contribution in [3.8, 4) is 6.07 Å². The molecule has 0 aliphatic carbocycles. The zero-order valence-electron chi connectivity index (χ0n) is 12.3. The highest BCUT2D eigenvalue weighted by Crippen LogP contribution is 2.24. The SMILES string of the molecule is N#Cc1ccc(NC2CCN(c3ccccc3)CC2)cc1Cl. The highest BCUT2D eigenvalue weighted by atomic mass is 35.5. The lowest BCUT2D eigenvalue weighted by atomic mass is 10.0. The quantitative estimate of drug-likeness (QED) is 0.919. The summed E-state index contributed by atoms with van der Waals surface area (Å²) in [6, 6.07) is 18.6. The zero-order valence-corrected chi connectivity index (χ0v) is 13.1. The van der Waals surface area contributed by atoms with Gasteiger partial charge in [-0.2, -0.15) is 5.26 Å². The lowest BCUT2D eigenvalue weighted by Crippen LogP contribution is -2.39. The van der Waals surface area contributed by atoms with Crippen molar-refractivity contribution in [1.29, 1.82) is 5.26 Å². The third kappa shape index (κ3) is 3.35. The second-order valence-corrected chi connectivity index (χ2v) is 5.95. The number of nitriles is 1. The second kappa shape index (κ2) is 6.72. The van der Waals surface area contributed by atoms with Crippen molar-refractivity contribution in [3.63, 3.8) is 0 Å². The number of rotatable bonds is 3. The number of benzene rings is 2. The Morgan fingerprint density at radius 1 is 1.09 bits per heavy atom. The van der Waals surface area contributed by atoms with Crippen molar-refractivity contribution >= 4 is 23.0 Å². The maximum Gasteiger partial charge on any atom is 0.101 e. The number of para-hydroxylation sites is 1. The van der Waals surface area contributed by atoms with Gasteiger partial charge in [0.25, 0.3) is 0 Å². The van der Waals surface area contributed by atoms with Crippen LogP contribution in [0.2, 0.25) is 5.02 Å². The van der Waals surface area contributed by atoms with E-state index in [0.717, 1.165) is 31.6 Å². The van der Waals surface area contributed by atoms with E-state index in [-0.39, 0.29) is 0 Å². The first-order chi connectivity index (χ1) is 10.8. The molecule has 22 heavy (non-hydrogen) atoms. The molecule has 0 unspecified atom stereocenters. The Morgan fingerprint density at radius 2 is 1.82 bits per heavy atom. The van der Waals surface area contributed by atoms with Gasteiger partial charge in [-0.3, -0.25) is 0 Å². The van der Waals surface area contributed by atoms with Gasteiger partial charge in [-0.1, -0.05) is 29.8 Å². The minimum Gasteiger partial charge on any atom is -0.382 e. The Bertz CT molecular complexity index is 670. The molecule has 3 nitrogen and oxygen atoms in total. The first kappa shape index (κ1) is 14.7. The Balaban J connectivity index is 1.58. The first-order valence-corrected chi connectivity index (χ1v) is 7.90. The van der Waals surface area contributed by atoms with Crippen molar-refractivity contribution in [3.05, 3.63) is 59.1 Å². The highest BCUT2D eigenvalue weighted by Gasteiger charge is 2.19.